The van der Waals surface area contributed by atoms with E-state index in [1.807, 2.05) is 38.1 Å². The van der Waals surface area contributed by atoms with Gasteiger partial charge in [-0.15, -0.1) is 0 Å². The number of amides is 1. The Morgan fingerprint density at radius 1 is 1.10 bits per heavy atom. The Morgan fingerprint density at radius 3 is 2.33 bits per heavy atom. The quantitative estimate of drug-likeness (QED) is 0.916. The van der Waals surface area contributed by atoms with Gasteiger partial charge in [-0.25, -0.2) is 0 Å². The first-order valence-corrected chi connectivity index (χ1v) is 7.03. The summed E-state index contributed by atoms with van der Waals surface area (Å²) in [6.07, 6.45) is 0. The summed E-state index contributed by atoms with van der Waals surface area (Å²) in [4.78, 5) is 12.6. The molecule has 21 heavy (non-hydrogen) atoms. The fourth-order valence-corrected chi connectivity index (χ4v) is 2.23. The predicted octanol–water partition coefficient (Wildman–Crippen LogP) is 4.26. The van der Waals surface area contributed by atoms with E-state index in [4.69, 9.17) is 16.3 Å². The van der Waals surface area contributed by atoms with Crippen molar-refractivity contribution < 1.29 is 9.53 Å². The third kappa shape index (κ3) is 3.37. The molecule has 2 aromatic rings. The molecule has 0 aromatic heterocycles. The molecule has 4 heteroatoms. The van der Waals surface area contributed by atoms with E-state index in [1.54, 1.807) is 31.4 Å². The summed E-state index contributed by atoms with van der Waals surface area (Å²) in [6.45, 7) is 3.74. The lowest BCUT2D eigenvalue weighted by molar-refractivity contribution is -0.120. The van der Waals surface area contributed by atoms with Crippen molar-refractivity contribution in [2.24, 2.45) is 0 Å². The molecule has 3 nitrogen and oxygen atoms in total. The molecule has 2 rings (SSSR count). The summed E-state index contributed by atoms with van der Waals surface area (Å²) in [5, 5.41) is 3.54. The van der Waals surface area contributed by atoms with E-state index in [2.05, 4.69) is 5.32 Å². The monoisotopic (exact) mass is 303 g/mol. The van der Waals surface area contributed by atoms with Crippen LogP contribution in [0, 0.1) is 0 Å². The molecule has 0 bridgehead atoms. The molecular weight excluding hydrogens is 286 g/mol. The van der Waals surface area contributed by atoms with Gasteiger partial charge in [0, 0.05) is 16.3 Å². The summed E-state index contributed by atoms with van der Waals surface area (Å²) in [5.74, 6) is 0.600. The minimum absolute atomic E-state index is 0.102. The van der Waals surface area contributed by atoms with E-state index in [-0.39, 0.29) is 5.91 Å². The lowest BCUT2D eigenvalue weighted by Gasteiger charge is -2.26. The zero-order valence-corrected chi connectivity index (χ0v) is 13.1. The van der Waals surface area contributed by atoms with Crippen LogP contribution in [-0.4, -0.2) is 13.0 Å². The van der Waals surface area contributed by atoms with Crippen LogP contribution in [0.2, 0.25) is 5.02 Å². The molecule has 0 aliphatic rings. The number of carbonyl (C=O) groups excluding carboxylic acids is 1. The Morgan fingerprint density at radius 2 is 1.71 bits per heavy atom. The minimum Gasteiger partial charge on any atom is -0.496 e. The van der Waals surface area contributed by atoms with Gasteiger partial charge in [0.15, 0.2) is 0 Å². The summed E-state index contributed by atoms with van der Waals surface area (Å²) >= 11 is 5.84. The summed E-state index contributed by atoms with van der Waals surface area (Å²) in [5.41, 5.74) is 0.845. The maximum Gasteiger partial charge on any atom is 0.234 e. The number of methoxy groups -OCH3 is 1. The second-order valence-corrected chi connectivity index (χ2v) is 5.72. The number of rotatable bonds is 4. The smallest absolute Gasteiger partial charge is 0.234 e. The lowest BCUT2D eigenvalue weighted by atomic mass is 9.83. The number of para-hydroxylation sites is 1. The van der Waals surface area contributed by atoms with E-state index in [0.29, 0.717) is 16.5 Å². The molecule has 1 N–H and O–H groups in total. The van der Waals surface area contributed by atoms with Crippen molar-refractivity contribution in [2.45, 2.75) is 19.3 Å². The average Bonchev–Trinajstić information content (AvgIpc) is 2.49. The fraction of sp³-hybridized carbons (Fsp3) is 0.235. The molecule has 0 heterocycles. The van der Waals surface area contributed by atoms with E-state index in [9.17, 15) is 4.79 Å². The van der Waals surface area contributed by atoms with Gasteiger partial charge < -0.3 is 10.1 Å². The first-order valence-electron chi connectivity index (χ1n) is 6.65. The number of hydrogen-bond acceptors (Lipinski definition) is 2. The molecule has 0 saturated heterocycles. The van der Waals surface area contributed by atoms with Crippen LogP contribution in [0.5, 0.6) is 5.75 Å². The third-order valence-corrected chi connectivity index (χ3v) is 3.70. The Balaban J connectivity index is 2.26. The van der Waals surface area contributed by atoms with Crippen LogP contribution in [0.3, 0.4) is 0 Å². The van der Waals surface area contributed by atoms with Crippen molar-refractivity contribution in [2.75, 3.05) is 12.4 Å². The van der Waals surface area contributed by atoms with Crippen LogP contribution in [0.4, 0.5) is 5.69 Å². The molecule has 0 aliphatic heterocycles. The van der Waals surface area contributed by atoms with Gasteiger partial charge in [-0.05, 0) is 44.2 Å². The molecule has 1 amide bonds. The van der Waals surface area contributed by atoms with Crippen molar-refractivity contribution in [3.05, 3.63) is 59.1 Å². The summed E-state index contributed by atoms with van der Waals surface area (Å²) < 4.78 is 5.35. The van der Waals surface area contributed by atoms with Crippen molar-refractivity contribution >= 4 is 23.2 Å². The van der Waals surface area contributed by atoms with Crippen LogP contribution >= 0.6 is 11.6 Å². The number of nitrogens with one attached hydrogen (secondary N) is 1. The van der Waals surface area contributed by atoms with Gasteiger partial charge in [0.25, 0.3) is 0 Å². The molecule has 0 saturated carbocycles. The summed E-state index contributed by atoms with van der Waals surface area (Å²) in [7, 11) is 1.60. The van der Waals surface area contributed by atoms with Gasteiger partial charge in [-0.3, -0.25) is 4.79 Å². The molecule has 110 valence electrons. The first-order chi connectivity index (χ1) is 9.95. The second-order valence-electron chi connectivity index (χ2n) is 5.29. The Kier molecular flexibility index (Phi) is 4.53. The van der Waals surface area contributed by atoms with Crippen molar-refractivity contribution in [1.82, 2.24) is 0 Å². The van der Waals surface area contributed by atoms with E-state index in [0.717, 1.165) is 5.56 Å². The van der Waals surface area contributed by atoms with Gasteiger partial charge in [0.1, 0.15) is 5.75 Å². The van der Waals surface area contributed by atoms with Crippen LogP contribution in [0.25, 0.3) is 0 Å². The Bertz CT molecular complexity index is 635. The lowest BCUT2D eigenvalue weighted by Crippen LogP contribution is -2.35. The number of anilines is 1. The second kappa shape index (κ2) is 6.19. The number of hydrogen-bond donors (Lipinski definition) is 1. The molecule has 0 spiro atoms. The Hall–Kier alpha value is -2.00. The van der Waals surface area contributed by atoms with Gasteiger partial charge in [-0.2, -0.15) is 0 Å². The van der Waals surface area contributed by atoms with Crippen molar-refractivity contribution in [3.63, 3.8) is 0 Å². The van der Waals surface area contributed by atoms with Crippen LogP contribution in [0.1, 0.15) is 19.4 Å². The number of benzene rings is 2. The normalized spacial score (nSPS) is 11.0. The third-order valence-electron chi connectivity index (χ3n) is 3.45. The van der Waals surface area contributed by atoms with Crippen LogP contribution in [0.15, 0.2) is 48.5 Å². The highest BCUT2D eigenvalue weighted by molar-refractivity contribution is 6.30. The molecule has 0 radical (unpaired) electrons. The topological polar surface area (TPSA) is 38.3 Å². The predicted molar refractivity (Wildman–Crippen MR) is 86.1 cm³/mol. The first kappa shape index (κ1) is 15.4. The fourth-order valence-electron chi connectivity index (χ4n) is 2.10. The van der Waals surface area contributed by atoms with Gasteiger partial charge in [-0.1, -0.05) is 29.8 Å². The standard InChI is InChI=1S/C17H18ClNO2/c1-17(2,14-6-4-5-7-15(14)21-3)16(20)19-13-10-8-12(18)9-11-13/h4-11H,1-3H3,(H,19,20). The van der Waals surface area contributed by atoms with Gasteiger partial charge in [0.05, 0.1) is 12.5 Å². The minimum atomic E-state index is -0.716. The van der Waals surface area contributed by atoms with E-state index >= 15 is 0 Å². The number of halogens is 1. The highest BCUT2D eigenvalue weighted by atomic mass is 35.5. The maximum atomic E-state index is 12.6. The Labute approximate surface area is 129 Å². The van der Waals surface area contributed by atoms with Gasteiger partial charge in [0.2, 0.25) is 5.91 Å². The van der Waals surface area contributed by atoms with Crippen molar-refractivity contribution in [1.29, 1.82) is 0 Å². The molecule has 0 atom stereocenters. The zero-order valence-electron chi connectivity index (χ0n) is 12.3. The maximum absolute atomic E-state index is 12.6. The summed E-state index contributed by atoms with van der Waals surface area (Å²) in [6, 6.07) is 14.6. The van der Waals surface area contributed by atoms with E-state index in [1.165, 1.54) is 0 Å². The molecule has 0 aliphatic carbocycles. The van der Waals surface area contributed by atoms with Crippen LogP contribution in [-0.2, 0) is 10.2 Å². The molecular formula is C17H18ClNO2. The van der Waals surface area contributed by atoms with E-state index < -0.39 is 5.41 Å². The number of ether oxygens (including phenoxy) is 1. The molecule has 2 aromatic carbocycles. The van der Waals surface area contributed by atoms with Crippen LogP contribution < -0.4 is 10.1 Å². The molecule has 0 unspecified atom stereocenters. The SMILES string of the molecule is COc1ccccc1C(C)(C)C(=O)Nc1ccc(Cl)cc1. The average molecular weight is 304 g/mol. The number of carbonyl (C=O) groups is 1. The van der Waals surface area contributed by atoms with Crippen molar-refractivity contribution in [3.8, 4) is 5.75 Å². The largest absolute Gasteiger partial charge is 0.496 e. The highest BCUT2D eigenvalue weighted by Gasteiger charge is 2.32. The molecule has 0 fully saturated rings. The highest BCUT2D eigenvalue weighted by Crippen LogP contribution is 2.32. The zero-order chi connectivity index (χ0) is 15.5. The van der Waals surface area contributed by atoms with Gasteiger partial charge >= 0.3 is 0 Å².